The van der Waals surface area contributed by atoms with Crippen LogP contribution in [0.2, 0.25) is 0 Å². The molecule has 204 valence electrons. The summed E-state index contributed by atoms with van der Waals surface area (Å²) in [5.74, 6) is 0. The van der Waals surface area contributed by atoms with Crippen LogP contribution in [0.5, 0.6) is 0 Å². The molecule has 0 bridgehead atoms. The Bertz CT molecular complexity index is 1610. The Morgan fingerprint density at radius 3 is 1.02 bits per heavy atom. The van der Waals surface area contributed by atoms with Crippen molar-refractivity contribution in [2.75, 3.05) is 4.90 Å². The molecule has 5 aromatic carbocycles. The molecule has 0 aliphatic heterocycles. The van der Waals surface area contributed by atoms with Crippen LogP contribution in [-0.4, -0.2) is 0 Å². The largest absolute Gasteiger partial charge is 0.310 e. The summed E-state index contributed by atoms with van der Waals surface area (Å²) in [6, 6.07) is 37.5. The van der Waals surface area contributed by atoms with E-state index in [-0.39, 0.29) is 0 Å². The van der Waals surface area contributed by atoms with E-state index in [1.165, 1.54) is 55.6 Å². The summed E-state index contributed by atoms with van der Waals surface area (Å²) in [4.78, 5) is 2.33. The van der Waals surface area contributed by atoms with Crippen molar-refractivity contribution in [3.05, 3.63) is 159 Å². The van der Waals surface area contributed by atoms with Gasteiger partial charge in [-0.2, -0.15) is 0 Å². The second-order valence-electron chi connectivity index (χ2n) is 11.1. The Labute approximate surface area is 246 Å². The number of hydrogen-bond donors (Lipinski definition) is 0. The first kappa shape index (κ1) is 27.9. The van der Waals surface area contributed by atoms with E-state index in [4.69, 9.17) is 0 Å². The summed E-state index contributed by atoms with van der Waals surface area (Å²) in [7, 11) is 0. The van der Waals surface area contributed by atoms with Gasteiger partial charge in [0.2, 0.25) is 0 Å². The lowest BCUT2D eigenvalue weighted by atomic mass is 10.0. The first-order chi connectivity index (χ1) is 19.8. The van der Waals surface area contributed by atoms with Gasteiger partial charge < -0.3 is 4.90 Å². The van der Waals surface area contributed by atoms with Gasteiger partial charge in [-0.05, 0) is 134 Å². The molecular weight excluding hydrogens is 494 g/mol. The monoisotopic (exact) mass is 533 g/mol. The van der Waals surface area contributed by atoms with Gasteiger partial charge in [0, 0.05) is 17.1 Å². The van der Waals surface area contributed by atoms with Gasteiger partial charge in [0.1, 0.15) is 0 Å². The zero-order chi connectivity index (χ0) is 28.9. The second-order valence-corrected chi connectivity index (χ2v) is 11.1. The number of hydrogen-bond acceptors (Lipinski definition) is 1. The van der Waals surface area contributed by atoms with Crippen molar-refractivity contribution >= 4 is 41.4 Å². The van der Waals surface area contributed by atoms with E-state index < -0.39 is 0 Å². The quantitative estimate of drug-likeness (QED) is 0.188. The van der Waals surface area contributed by atoms with Crippen molar-refractivity contribution in [2.24, 2.45) is 0 Å². The molecule has 0 radical (unpaired) electrons. The zero-order valence-electron chi connectivity index (χ0n) is 25.1. The molecule has 5 aromatic rings. The van der Waals surface area contributed by atoms with Crippen LogP contribution in [0.3, 0.4) is 0 Å². The third-order valence-electron chi connectivity index (χ3n) is 8.05. The Kier molecular flexibility index (Phi) is 8.36. The van der Waals surface area contributed by atoms with Crippen LogP contribution in [-0.2, 0) is 0 Å². The van der Waals surface area contributed by atoms with Crippen molar-refractivity contribution in [1.29, 1.82) is 0 Å². The second kappa shape index (κ2) is 12.3. The standard InChI is InChI=1S/C40H39N/c1-28-7-10-36(25-31(28)4)14-12-34-16-21-38(22-17-34)41(40-20-9-30(3)33(6)27-40)39-23-18-35(19-24-39)13-15-37-11-8-29(2)32(5)26-37/h7-27H,1-6H3. The summed E-state index contributed by atoms with van der Waals surface area (Å²) in [6.45, 7) is 13.0. The fourth-order valence-corrected chi connectivity index (χ4v) is 4.90. The minimum Gasteiger partial charge on any atom is -0.310 e. The third kappa shape index (κ3) is 6.76. The zero-order valence-corrected chi connectivity index (χ0v) is 25.1. The van der Waals surface area contributed by atoms with E-state index in [1.807, 2.05) is 0 Å². The van der Waals surface area contributed by atoms with Gasteiger partial charge in [-0.1, -0.05) is 91.0 Å². The molecule has 41 heavy (non-hydrogen) atoms. The molecule has 0 unspecified atom stereocenters. The highest BCUT2D eigenvalue weighted by Crippen LogP contribution is 2.36. The van der Waals surface area contributed by atoms with Crippen LogP contribution >= 0.6 is 0 Å². The molecule has 0 fully saturated rings. The minimum atomic E-state index is 1.13. The van der Waals surface area contributed by atoms with Gasteiger partial charge >= 0.3 is 0 Å². The van der Waals surface area contributed by atoms with Gasteiger partial charge in [0.15, 0.2) is 0 Å². The van der Waals surface area contributed by atoms with Crippen LogP contribution in [0.1, 0.15) is 55.6 Å². The Balaban J connectivity index is 1.43. The predicted molar refractivity (Wildman–Crippen MR) is 180 cm³/mol. The highest BCUT2D eigenvalue weighted by Gasteiger charge is 2.13. The van der Waals surface area contributed by atoms with E-state index in [0.717, 1.165) is 17.1 Å². The van der Waals surface area contributed by atoms with Crippen LogP contribution < -0.4 is 4.90 Å². The molecule has 5 rings (SSSR count). The number of benzene rings is 5. The van der Waals surface area contributed by atoms with Crippen molar-refractivity contribution in [1.82, 2.24) is 0 Å². The molecule has 0 heterocycles. The molecule has 0 atom stereocenters. The molecule has 0 amide bonds. The molecule has 0 spiro atoms. The van der Waals surface area contributed by atoms with Crippen LogP contribution in [0.15, 0.2) is 103 Å². The number of aryl methyl sites for hydroxylation is 6. The SMILES string of the molecule is Cc1ccc(C=Cc2ccc(N(c3ccc(C=Cc4ccc(C)c(C)c4)cc3)c3ccc(C)c(C)c3)cc2)cc1C. The Morgan fingerprint density at radius 1 is 0.317 bits per heavy atom. The first-order valence-electron chi connectivity index (χ1n) is 14.3. The van der Waals surface area contributed by atoms with E-state index in [0.29, 0.717) is 0 Å². The highest BCUT2D eigenvalue weighted by atomic mass is 15.1. The van der Waals surface area contributed by atoms with Crippen LogP contribution in [0.25, 0.3) is 24.3 Å². The highest BCUT2D eigenvalue weighted by molar-refractivity contribution is 5.80. The lowest BCUT2D eigenvalue weighted by molar-refractivity contribution is 1.25. The number of rotatable bonds is 7. The lowest BCUT2D eigenvalue weighted by Gasteiger charge is -2.26. The average Bonchev–Trinajstić information content (AvgIpc) is 2.97. The smallest absolute Gasteiger partial charge is 0.0464 e. The average molecular weight is 534 g/mol. The summed E-state index contributed by atoms with van der Waals surface area (Å²) in [6.07, 6.45) is 8.75. The van der Waals surface area contributed by atoms with Crippen LogP contribution in [0.4, 0.5) is 17.1 Å². The summed E-state index contributed by atoms with van der Waals surface area (Å²) < 4.78 is 0. The maximum atomic E-state index is 2.33. The minimum absolute atomic E-state index is 1.13. The molecule has 0 saturated heterocycles. The lowest BCUT2D eigenvalue weighted by Crippen LogP contribution is -2.10. The maximum Gasteiger partial charge on any atom is 0.0464 e. The van der Waals surface area contributed by atoms with Gasteiger partial charge in [0.25, 0.3) is 0 Å². The topological polar surface area (TPSA) is 3.24 Å². The predicted octanol–water partition coefficient (Wildman–Crippen LogP) is 11.3. The van der Waals surface area contributed by atoms with Gasteiger partial charge in [-0.15, -0.1) is 0 Å². The fraction of sp³-hybridized carbons (Fsp3) is 0.150. The molecule has 0 N–H and O–H groups in total. The molecule has 0 aromatic heterocycles. The number of anilines is 3. The molecule has 0 saturated carbocycles. The van der Waals surface area contributed by atoms with E-state index >= 15 is 0 Å². The fourth-order valence-electron chi connectivity index (χ4n) is 4.90. The van der Waals surface area contributed by atoms with Crippen molar-refractivity contribution in [3.63, 3.8) is 0 Å². The molecule has 1 nitrogen and oxygen atoms in total. The number of nitrogens with zero attached hydrogens (tertiary/aromatic N) is 1. The molecule has 1 heteroatoms. The van der Waals surface area contributed by atoms with Crippen molar-refractivity contribution in [2.45, 2.75) is 41.5 Å². The first-order valence-corrected chi connectivity index (χ1v) is 14.3. The molecule has 0 aliphatic rings. The Hall–Kier alpha value is -4.62. The van der Waals surface area contributed by atoms with Gasteiger partial charge in [0.05, 0.1) is 0 Å². The van der Waals surface area contributed by atoms with E-state index in [9.17, 15) is 0 Å². The summed E-state index contributed by atoms with van der Waals surface area (Å²) >= 11 is 0. The van der Waals surface area contributed by atoms with Gasteiger partial charge in [-0.3, -0.25) is 0 Å². The molecule has 0 aliphatic carbocycles. The Morgan fingerprint density at radius 2 is 0.634 bits per heavy atom. The van der Waals surface area contributed by atoms with E-state index in [2.05, 4.69) is 174 Å². The van der Waals surface area contributed by atoms with Crippen molar-refractivity contribution < 1.29 is 0 Å². The third-order valence-corrected chi connectivity index (χ3v) is 8.05. The normalized spacial score (nSPS) is 11.5. The maximum absolute atomic E-state index is 2.33. The van der Waals surface area contributed by atoms with Crippen LogP contribution in [0, 0.1) is 41.5 Å². The summed E-state index contributed by atoms with van der Waals surface area (Å²) in [5.41, 5.74) is 16.1. The summed E-state index contributed by atoms with van der Waals surface area (Å²) in [5, 5.41) is 0. The van der Waals surface area contributed by atoms with Crippen molar-refractivity contribution in [3.8, 4) is 0 Å². The molecular formula is C40H39N. The van der Waals surface area contributed by atoms with E-state index in [1.54, 1.807) is 0 Å². The van der Waals surface area contributed by atoms with Gasteiger partial charge in [-0.25, -0.2) is 0 Å².